The zero-order valence-corrected chi connectivity index (χ0v) is 16.1. The molecule has 0 spiro atoms. The maximum Gasteiger partial charge on any atom is 0.488 e. The molecule has 0 fully saturated rings. The van der Waals surface area contributed by atoms with Crippen molar-refractivity contribution >= 4 is 12.6 Å². The maximum absolute atomic E-state index is 9.22. The van der Waals surface area contributed by atoms with E-state index in [9.17, 15) is 10.0 Å². The van der Waals surface area contributed by atoms with E-state index in [0.717, 1.165) is 41.0 Å². The van der Waals surface area contributed by atoms with Crippen LogP contribution in [0, 0.1) is 13.8 Å². The van der Waals surface area contributed by atoms with Crippen molar-refractivity contribution in [3.05, 3.63) is 82.9 Å². The SMILES string of the molecule is Cc1cccc(C)c1Oc1cccc2c1CC[C@H]2Oc1ccc(B(O)O)cc1. The molecule has 142 valence electrons. The normalized spacial score (nSPS) is 15.2. The van der Waals surface area contributed by atoms with Crippen LogP contribution in [0.15, 0.2) is 60.7 Å². The summed E-state index contributed by atoms with van der Waals surface area (Å²) in [6.45, 7) is 4.12. The minimum atomic E-state index is -1.47. The van der Waals surface area contributed by atoms with Crippen molar-refractivity contribution in [2.24, 2.45) is 0 Å². The van der Waals surface area contributed by atoms with Gasteiger partial charge in [0.1, 0.15) is 23.4 Å². The number of hydrogen-bond acceptors (Lipinski definition) is 4. The minimum Gasteiger partial charge on any atom is -0.486 e. The van der Waals surface area contributed by atoms with Crippen molar-refractivity contribution in [2.45, 2.75) is 32.8 Å². The molecule has 3 aromatic rings. The molecule has 0 unspecified atom stereocenters. The number of benzene rings is 3. The molecule has 2 N–H and O–H groups in total. The summed E-state index contributed by atoms with van der Waals surface area (Å²) in [5.74, 6) is 2.52. The Kier molecular flexibility index (Phi) is 5.12. The number of ether oxygens (including phenoxy) is 2. The standard InChI is InChI=1S/C23H23BO4/c1-15-5-3-6-16(2)23(15)28-21-8-4-7-19-20(21)13-14-22(19)27-18-11-9-17(10-12-18)24(25)26/h3-12,22,25-26H,13-14H2,1-2H3/t22-/m1/s1. The van der Waals surface area contributed by atoms with Crippen molar-refractivity contribution in [2.75, 3.05) is 0 Å². The summed E-state index contributed by atoms with van der Waals surface area (Å²) in [6, 6.07) is 19.1. The zero-order valence-electron chi connectivity index (χ0n) is 16.1. The van der Waals surface area contributed by atoms with Crippen LogP contribution in [-0.4, -0.2) is 17.2 Å². The second-order valence-corrected chi connectivity index (χ2v) is 7.23. The van der Waals surface area contributed by atoms with Gasteiger partial charge in [0.2, 0.25) is 0 Å². The highest BCUT2D eigenvalue weighted by atomic mass is 16.5. The van der Waals surface area contributed by atoms with Gasteiger partial charge < -0.3 is 19.5 Å². The van der Waals surface area contributed by atoms with Crippen molar-refractivity contribution in [3.8, 4) is 17.2 Å². The van der Waals surface area contributed by atoms with Gasteiger partial charge in [-0.1, -0.05) is 42.5 Å². The molecule has 1 atom stereocenters. The predicted octanol–water partition coefficient (Wildman–Crippen LogP) is 3.84. The summed E-state index contributed by atoms with van der Waals surface area (Å²) in [6.07, 6.45) is 1.74. The molecule has 1 aliphatic carbocycles. The van der Waals surface area contributed by atoms with Crippen LogP contribution >= 0.6 is 0 Å². The third-order valence-electron chi connectivity index (χ3n) is 5.25. The Bertz CT molecular complexity index is 962. The van der Waals surface area contributed by atoms with E-state index in [1.165, 1.54) is 5.56 Å². The molecule has 4 rings (SSSR count). The van der Waals surface area contributed by atoms with E-state index < -0.39 is 7.12 Å². The maximum atomic E-state index is 9.22. The van der Waals surface area contributed by atoms with Gasteiger partial charge in [-0.05, 0) is 67.0 Å². The van der Waals surface area contributed by atoms with Gasteiger partial charge in [0.25, 0.3) is 0 Å². The fourth-order valence-corrected chi connectivity index (χ4v) is 3.75. The number of rotatable bonds is 5. The predicted molar refractivity (Wildman–Crippen MR) is 110 cm³/mol. The Morgan fingerprint density at radius 1 is 0.893 bits per heavy atom. The van der Waals surface area contributed by atoms with Crippen LogP contribution in [0.4, 0.5) is 0 Å². The van der Waals surface area contributed by atoms with Gasteiger partial charge in [0, 0.05) is 5.56 Å². The fraction of sp³-hybridized carbons (Fsp3) is 0.217. The Balaban J connectivity index is 1.57. The van der Waals surface area contributed by atoms with E-state index in [0.29, 0.717) is 11.2 Å². The van der Waals surface area contributed by atoms with Gasteiger partial charge >= 0.3 is 7.12 Å². The molecule has 3 aromatic carbocycles. The van der Waals surface area contributed by atoms with E-state index in [4.69, 9.17) is 9.47 Å². The lowest BCUT2D eigenvalue weighted by atomic mass is 9.80. The molecule has 28 heavy (non-hydrogen) atoms. The minimum absolute atomic E-state index is 0.0404. The first-order chi connectivity index (χ1) is 13.5. The topological polar surface area (TPSA) is 58.9 Å². The van der Waals surface area contributed by atoms with E-state index in [1.54, 1.807) is 24.3 Å². The summed E-state index contributed by atoms with van der Waals surface area (Å²) in [5.41, 5.74) is 5.03. The van der Waals surface area contributed by atoms with Crippen LogP contribution in [0.1, 0.15) is 34.8 Å². The average Bonchev–Trinajstić information content (AvgIpc) is 3.09. The van der Waals surface area contributed by atoms with Gasteiger partial charge in [-0.25, -0.2) is 0 Å². The molecule has 0 aromatic heterocycles. The molecular weight excluding hydrogens is 351 g/mol. The molecule has 5 heteroatoms. The molecule has 0 bridgehead atoms. The van der Waals surface area contributed by atoms with E-state index in [1.807, 2.05) is 18.2 Å². The Hall–Kier alpha value is -2.76. The Morgan fingerprint density at radius 3 is 2.25 bits per heavy atom. The molecule has 0 aliphatic heterocycles. The van der Waals surface area contributed by atoms with Crippen LogP contribution in [-0.2, 0) is 6.42 Å². The van der Waals surface area contributed by atoms with Gasteiger partial charge in [-0.3, -0.25) is 0 Å². The molecule has 0 radical (unpaired) electrons. The van der Waals surface area contributed by atoms with Crippen LogP contribution < -0.4 is 14.9 Å². The van der Waals surface area contributed by atoms with Crippen molar-refractivity contribution in [1.29, 1.82) is 0 Å². The number of para-hydroxylation sites is 1. The molecule has 0 amide bonds. The third kappa shape index (κ3) is 3.64. The second kappa shape index (κ2) is 7.70. The lowest BCUT2D eigenvalue weighted by Gasteiger charge is -2.17. The largest absolute Gasteiger partial charge is 0.488 e. The van der Waals surface area contributed by atoms with Crippen LogP contribution in [0.3, 0.4) is 0 Å². The van der Waals surface area contributed by atoms with Gasteiger partial charge in [0.05, 0.1) is 0 Å². The Labute approximate surface area is 165 Å². The molecule has 0 saturated carbocycles. The second-order valence-electron chi connectivity index (χ2n) is 7.23. The quantitative estimate of drug-likeness (QED) is 0.667. The summed E-state index contributed by atoms with van der Waals surface area (Å²) in [4.78, 5) is 0. The first kappa shape index (κ1) is 18.6. The molecule has 1 aliphatic rings. The van der Waals surface area contributed by atoms with Gasteiger partial charge in [-0.15, -0.1) is 0 Å². The summed E-state index contributed by atoms with van der Waals surface area (Å²) < 4.78 is 12.5. The van der Waals surface area contributed by atoms with Crippen molar-refractivity contribution in [1.82, 2.24) is 0 Å². The summed E-state index contributed by atoms with van der Waals surface area (Å²) >= 11 is 0. The lowest BCUT2D eigenvalue weighted by Crippen LogP contribution is -2.29. The number of hydrogen-bond donors (Lipinski definition) is 2. The first-order valence-electron chi connectivity index (χ1n) is 9.51. The number of aryl methyl sites for hydroxylation is 2. The highest BCUT2D eigenvalue weighted by molar-refractivity contribution is 6.58. The first-order valence-corrected chi connectivity index (χ1v) is 9.51. The van der Waals surface area contributed by atoms with Gasteiger partial charge in [0.15, 0.2) is 0 Å². The lowest BCUT2D eigenvalue weighted by molar-refractivity contribution is 0.207. The van der Waals surface area contributed by atoms with Crippen LogP contribution in [0.25, 0.3) is 0 Å². The summed E-state index contributed by atoms with van der Waals surface area (Å²) in [5, 5.41) is 18.4. The highest BCUT2D eigenvalue weighted by Crippen LogP contribution is 2.41. The molecule has 0 saturated heterocycles. The molecule has 0 heterocycles. The fourth-order valence-electron chi connectivity index (χ4n) is 3.75. The van der Waals surface area contributed by atoms with E-state index in [-0.39, 0.29) is 6.10 Å². The Morgan fingerprint density at radius 2 is 1.57 bits per heavy atom. The molecule has 4 nitrogen and oxygen atoms in total. The van der Waals surface area contributed by atoms with E-state index >= 15 is 0 Å². The third-order valence-corrected chi connectivity index (χ3v) is 5.25. The van der Waals surface area contributed by atoms with Gasteiger partial charge in [-0.2, -0.15) is 0 Å². The summed E-state index contributed by atoms with van der Waals surface area (Å²) in [7, 11) is -1.47. The van der Waals surface area contributed by atoms with E-state index in [2.05, 4.69) is 32.0 Å². The van der Waals surface area contributed by atoms with Crippen molar-refractivity contribution < 1.29 is 19.5 Å². The molecular formula is C23H23BO4. The highest BCUT2D eigenvalue weighted by Gasteiger charge is 2.27. The smallest absolute Gasteiger partial charge is 0.486 e. The van der Waals surface area contributed by atoms with Crippen LogP contribution in [0.2, 0.25) is 0 Å². The van der Waals surface area contributed by atoms with Crippen molar-refractivity contribution in [3.63, 3.8) is 0 Å². The number of fused-ring (bicyclic) bond motifs is 1. The monoisotopic (exact) mass is 374 g/mol. The van der Waals surface area contributed by atoms with Crippen LogP contribution in [0.5, 0.6) is 17.2 Å². The average molecular weight is 374 g/mol. The zero-order chi connectivity index (χ0) is 19.7.